The number of aliphatic hydroxyl groups is 1. The summed E-state index contributed by atoms with van der Waals surface area (Å²) in [6.45, 7) is 2.23. The molecular formula is C11H14BrNO. The molecule has 1 unspecified atom stereocenters. The third-order valence-electron chi connectivity index (χ3n) is 2.83. The number of rotatable bonds is 1. The Hall–Kier alpha value is -0.540. The molecule has 0 saturated carbocycles. The number of nitrogens with one attached hydrogen (secondary N) is 1. The smallest absolute Gasteiger partial charge is 0.0658 e. The molecule has 14 heavy (non-hydrogen) atoms. The Labute approximate surface area is 92.5 Å². The minimum Gasteiger partial charge on any atom is -0.394 e. The molecule has 0 aliphatic carbocycles. The predicted octanol–water partition coefficient (Wildman–Crippen LogP) is 2.56. The quantitative estimate of drug-likeness (QED) is 0.809. The van der Waals surface area contributed by atoms with Crippen molar-refractivity contribution >= 4 is 21.6 Å². The van der Waals surface area contributed by atoms with Crippen LogP contribution < -0.4 is 5.32 Å². The van der Waals surface area contributed by atoms with Gasteiger partial charge in [-0.2, -0.15) is 0 Å². The summed E-state index contributed by atoms with van der Waals surface area (Å²) in [5, 5.41) is 12.7. The molecule has 0 bridgehead atoms. The summed E-state index contributed by atoms with van der Waals surface area (Å²) in [4.78, 5) is 0. The molecule has 1 aromatic rings. The number of hydrogen-bond donors (Lipinski definition) is 2. The van der Waals surface area contributed by atoms with Crippen molar-refractivity contribution in [2.45, 2.75) is 25.3 Å². The number of benzene rings is 1. The third-order valence-corrected chi connectivity index (χ3v) is 3.57. The van der Waals surface area contributed by atoms with Crippen LogP contribution in [0.4, 0.5) is 5.69 Å². The standard InChI is InChI=1S/C11H14BrNO/c1-11(7-14)6-5-8-9(12)3-2-4-10(8)13-11/h2-4,13-14H,5-7H2,1H3. The molecule has 0 radical (unpaired) electrons. The first kappa shape index (κ1) is 9.99. The highest BCUT2D eigenvalue weighted by molar-refractivity contribution is 9.10. The van der Waals surface area contributed by atoms with Crippen LogP contribution in [-0.2, 0) is 6.42 Å². The first-order valence-electron chi connectivity index (χ1n) is 4.81. The van der Waals surface area contributed by atoms with Crippen LogP contribution in [0.1, 0.15) is 18.9 Å². The molecule has 1 aliphatic rings. The van der Waals surface area contributed by atoms with E-state index in [4.69, 9.17) is 0 Å². The zero-order valence-corrected chi connectivity index (χ0v) is 9.76. The maximum Gasteiger partial charge on any atom is 0.0658 e. The highest BCUT2D eigenvalue weighted by Crippen LogP contribution is 2.34. The minimum atomic E-state index is -0.159. The van der Waals surface area contributed by atoms with E-state index >= 15 is 0 Å². The second-order valence-corrected chi connectivity index (χ2v) is 4.96. The molecule has 2 N–H and O–H groups in total. The fraction of sp³-hybridized carbons (Fsp3) is 0.455. The Morgan fingerprint density at radius 2 is 2.36 bits per heavy atom. The van der Waals surface area contributed by atoms with Gasteiger partial charge in [-0.25, -0.2) is 0 Å². The number of halogens is 1. The largest absolute Gasteiger partial charge is 0.394 e. The van der Waals surface area contributed by atoms with E-state index in [9.17, 15) is 5.11 Å². The zero-order valence-electron chi connectivity index (χ0n) is 8.18. The normalized spacial score (nSPS) is 25.4. The fourth-order valence-corrected chi connectivity index (χ4v) is 2.40. The maximum atomic E-state index is 9.27. The molecule has 2 rings (SSSR count). The molecule has 76 valence electrons. The van der Waals surface area contributed by atoms with E-state index in [1.807, 2.05) is 6.07 Å². The highest BCUT2D eigenvalue weighted by atomic mass is 79.9. The van der Waals surface area contributed by atoms with Crippen molar-refractivity contribution in [2.24, 2.45) is 0 Å². The highest BCUT2D eigenvalue weighted by Gasteiger charge is 2.28. The van der Waals surface area contributed by atoms with Crippen molar-refractivity contribution in [2.75, 3.05) is 11.9 Å². The van der Waals surface area contributed by atoms with Gasteiger partial charge < -0.3 is 10.4 Å². The molecule has 3 heteroatoms. The summed E-state index contributed by atoms with van der Waals surface area (Å²) < 4.78 is 1.16. The van der Waals surface area contributed by atoms with E-state index in [1.165, 1.54) is 5.56 Å². The van der Waals surface area contributed by atoms with Crippen molar-refractivity contribution in [3.05, 3.63) is 28.2 Å². The average Bonchev–Trinajstić information content (AvgIpc) is 2.18. The molecule has 1 aliphatic heterocycles. The second kappa shape index (κ2) is 3.55. The number of fused-ring (bicyclic) bond motifs is 1. The van der Waals surface area contributed by atoms with E-state index < -0.39 is 0 Å². The molecule has 0 saturated heterocycles. The van der Waals surface area contributed by atoms with Crippen LogP contribution in [0.3, 0.4) is 0 Å². The monoisotopic (exact) mass is 255 g/mol. The number of aliphatic hydroxyl groups excluding tert-OH is 1. The topological polar surface area (TPSA) is 32.3 Å². The van der Waals surface area contributed by atoms with Gasteiger partial charge in [0.05, 0.1) is 12.1 Å². The van der Waals surface area contributed by atoms with E-state index in [2.05, 4.69) is 40.3 Å². The van der Waals surface area contributed by atoms with Crippen molar-refractivity contribution in [1.82, 2.24) is 0 Å². The van der Waals surface area contributed by atoms with E-state index in [0.29, 0.717) is 0 Å². The summed E-state index contributed by atoms with van der Waals surface area (Å²) in [5.41, 5.74) is 2.30. The first-order valence-corrected chi connectivity index (χ1v) is 5.60. The van der Waals surface area contributed by atoms with Crippen LogP contribution in [0.2, 0.25) is 0 Å². The van der Waals surface area contributed by atoms with E-state index in [0.717, 1.165) is 23.0 Å². The van der Waals surface area contributed by atoms with Gasteiger partial charge in [-0.3, -0.25) is 0 Å². The van der Waals surface area contributed by atoms with Gasteiger partial charge in [0.25, 0.3) is 0 Å². The lowest BCUT2D eigenvalue weighted by Crippen LogP contribution is -2.42. The average molecular weight is 256 g/mol. The lowest BCUT2D eigenvalue weighted by Gasteiger charge is -2.35. The summed E-state index contributed by atoms with van der Waals surface area (Å²) in [6.07, 6.45) is 1.99. The number of anilines is 1. The molecule has 0 aromatic heterocycles. The first-order chi connectivity index (χ1) is 6.64. The van der Waals surface area contributed by atoms with E-state index in [-0.39, 0.29) is 12.1 Å². The van der Waals surface area contributed by atoms with Gasteiger partial charge in [-0.15, -0.1) is 0 Å². The van der Waals surface area contributed by atoms with Crippen LogP contribution in [-0.4, -0.2) is 17.3 Å². The molecule has 0 amide bonds. The van der Waals surface area contributed by atoms with Crippen molar-refractivity contribution in [3.8, 4) is 0 Å². The minimum absolute atomic E-state index is 0.159. The molecule has 1 heterocycles. The Bertz CT molecular complexity index is 353. The van der Waals surface area contributed by atoms with Crippen LogP contribution in [0, 0.1) is 0 Å². The van der Waals surface area contributed by atoms with Gasteiger partial charge in [-0.05, 0) is 37.5 Å². The van der Waals surface area contributed by atoms with Crippen LogP contribution in [0.25, 0.3) is 0 Å². The van der Waals surface area contributed by atoms with Gasteiger partial charge in [0.1, 0.15) is 0 Å². The Balaban J connectivity index is 2.36. The molecular weight excluding hydrogens is 242 g/mol. The Kier molecular flexibility index (Phi) is 2.54. The van der Waals surface area contributed by atoms with Crippen LogP contribution in [0.5, 0.6) is 0 Å². The molecule has 1 atom stereocenters. The van der Waals surface area contributed by atoms with Crippen LogP contribution in [0.15, 0.2) is 22.7 Å². The summed E-state index contributed by atoms with van der Waals surface area (Å²) in [5.74, 6) is 0. The van der Waals surface area contributed by atoms with Gasteiger partial charge in [0.2, 0.25) is 0 Å². The summed E-state index contributed by atoms with van der Waals surface area (Å²) in [7, 11) is 0. The van der Waals surface area contributed by atoms with Crippen molar-refractivity contribution in [3.63, 3.8) is 0 Å². The van der Waals surface area contributed by atoms with Gasteiger partial charge in [0.15, 0.2) is 0 Å². The van der Waals surface area contributed by atoms with Gasteiger partial charge in [0, 0.05) is 10.2 Å². The van der Waals surface area contributed by atoms with E-state index in [1.54, 1.807) is 0 Å². The molecule has 2 nitrogen and oxygen atoms in total. The van der Waals surface area contributed by atoms with Gasteiger partial charge >= 0.3 is 0 Å². The molecule has 0 spiro atoms. The van der Waals surface area contributed by atoms with Crippen molar-refractivity contribution in [1.29, 1.82) is 0 Å². The Morgan fingerprint density at radius 1 is 1.57 bits per heavy atom. The van der Waals surface area contributed by atoms with Crippen LogP contribution >= 0.6 is 15.9 Å². The SMILES string of the molecule is CC1(CO)CCc2c(Br)cccc2N1. The summed E-state index contributed by atoms with van der Waals surface area (Å²) >= 11 is 3.54. The zero-order chi connectivity index (χ0) is 10.2. The number of hydrogen-bond acceptors (Lipinski definition) is 2. The van der Waals surface area contributed by atoms with Gasteiger partial charge in [-0.1, -0.05) is 22.0 Å². The lowest BCUT2D eigenvalue weighted by molar-refractivity contribution is 0.212. The second-order valence-electron chi connectivity index (χ2n) is 4.11. The fourth-order valence-electron chi connectivity index (χ4n) is 1.84. The maximum absolute atomic E-state index is 9.27. The predicted molar refractivity (Wildman–Crippen MR) is 61.6 cm³/mol. The third kappa shape index (κ3) is 1.66. The molecule has 0 fully saturated rings. The lowest BCUT2D eigenvalue weighted by atomic mass is 9.88. The summed E-state index contributed by atoms with van der Waals surface area (Å²) in [6, 6.07) is 6.13. The van der Waals surface area contributed by atoms with Crippen molar-refractivity contribution < 1.29 is 5.11 Å². The molecule has 1 aromatic carbocycles. The Morgan fingerprint density at radius 3 is 3.07 bits per heavy atom.